The fraction of sp³-hybridized carbons (Fsp3) is 0.500. The van der Waals surface area contributed by atoms with Crippen LogP contribution < -0.4 is 5.32 Å². The molecule has 0 radical (unpaired) electrons. The molecule has 0 amide bonds. The molecule has 0 bridgehead atoms. The Bertz CT molecular complexity index is 492. The Labute approximate surface area is 120 Å². The molecule has 2 rings (SSSR count). The average Bonchev–Trinajstić information content (AvgIpc) is 2.89. The average molecular weight is 329 g/mol. The van der Waals surface area contributed by atoms with E-state index in [4.69, 9.17) is 0 Å². The van der Waals surface area contributed by atoms with Crippen molar-refractivity contribution < 1.29 is 0 Å². The largest absolute Gasteiger partial charge is 0.311 e. The molecule has 6 heteroatoms. The number of rotatable bonds is 6. The molecule has 0 unspecified atom stereocenters. The molecule has 0 aromatic carbocycles. The summed E-state index contributed by atoms with van der Waals surface area (Å²) >= 11 is 5.19. The Kier molecular flexibility index (Phi) is 4.91. The molecule has 0 fully saturated rings. The zero-order chi connectivity index (χ0) is 13.0. The molecular formula is C12H17BrN4S. The van der Waals surface area contributed by atoms with Crippen molar-refractivity contribution in [3.63, 3.8) is 0 Å². The maximum absolute atomic E-state index is 4.16. The van der Waals surface area contributed by atoms with Gasteiger partial charge in [0.25, 0.3) is 0 Å². The maximum Gasteiger partial charge on any atom is 0.0964 e. The van der Waals surface area contributed by atoms with E-state index in [0.717, 1.165) is 29.1 Å². The second-order valence-corrected chi connectivity index (χ2v) is 7.19. The highest BCUT2D eigenvalue weighted by atomic mass is 79.9. The van der Waals surface area contributed by atoms with E-state index in [2.05, 4.69) is 57.5 Å². The number of aromatic nitrogens is 3. The van der Waals surface area contributed by atoms with Gasteiger partial charge in [-0.05, 0) is 40.5 Å². The molecule has 0 spiro atoms. The van der Waals surface area contributed by atoms with Crippen molar-refractivity contribution in [2.75, 3.05) is 6.54 Å². The minimum Gasteiger partial charge on any atom is -0.311 e. The molecule has 4 nitrogen and oxygen atoms in total. The lowest BCUT2D eigenvalue weighted by Gasteiger charge is -2.04. The summed E-state index contributed by atoms with van der Waals surface area (Å²) in [7, 11) is 0. The van der Waals surface area contributed by atoms with Crippen molar-refractivity contribution >= 4 is 27.3 Å². The number of nitrogens with one attached hydrogen (secondary N) is 1. The quantitative estimate of drug-likeness (QED) is 0.886. The summed E-state index contributed by atoms with van der Waals surface area (Å²) < 4.78 is 3.03. The van der Waals surface area contributed by atoms with E-state index in [1.807, 2.05) is 10.9 Å². The summed E-state index contributed by atoms with van der Waals surface area (Å²) in [6.45, 7) is 6.96. The van der Waals surface area contributed by atoms with Crippen LogP contribution in [0.4, 0.5) is 0 Å². The molecular weight excluding hydrogens is 312 g/mol. The van der Waals surface area contributed by atoms with Crippen LogP contribution in [0.3, 0.4) is 0 Å². The maximum atomic E-state index is 4.16. The number of thiophene rings is 1. The Hall–Kier alpha value is -0.720. The van der Waals surface area contributed by atoms with Crippen molar-refractivity contribution in [3.05, 3.63) is 32.7 Å². The molecule has 1 N–H and O–H groups in total. The summed E-state index contributed by atoms with van der Waals surface area (Å²) in [5, 5.41) is 11.7. The van der Waals surface area contributed by atoms with Gasteiger partial charge in [-0.25, -0.2) is 4.68 Å². The first-order valence-electron chi connectivity index (χ1n) is 5.97. The summed E-state index contributed by atoms with van der Waals surface area (Å²) in [5.41, 5.74) is 0.992. The number of hydrogen-bond acceptors (Lipinski definition) is 4. The summed E-state index contributed by atoms with van der Waals surface area (Å²) in [5.74, 6) is 0.656. The van der Waals surface area contributed by atoms with Crippen molar-refractivity contribution in [2.45, 2.75) is 26.9 Å². The molecule has 0 aliphatic carbocycles. The van der Waals surface area contributed by atoms with Crippen molar-refractivity contribution in [3.8, 4) is 0 Å². The van der Waals surface area contributed by atoms with Crippen LogP contribution in [0.1, 0.15) is 24.4 Å². The van der Waals surface area contributed by atoms with Gasteiger partial charge >= 0.3 is 0 Å². The molecule has 2 heterocycles. The summed E-state index contributed by atoms with van der Waals surface area (Å²) in [6.07, 6.45) is 2.00. The van der Waals surface area contributed by atoms with Gasteiger partial charge in [0, 0.05) is 11.4 Å². The molecule has 0 aliphatic heterocycles. The second kappa shape index (κ2) is 6.45. The van der Waals surface area contributed by atoms with E-state index in [1.165, 1.54) is 4.88 Å². The topological polar surface area (TPSA) is 42.7 Å². The standard InChI is InChI=1S/C12H17BrN4S/c1-9(2)5-14-6-10-7-17(16-15-10)8-11-3-4-12(13)18-11/h3-4,7,9,14H,5-6,8H2,1-2H3. The van der Waals surface area contributed by atoms with E-state index < -0.39 is 0 Å². The second-order valence-electron chi connectivity index (χ2n) is 4.64. The van der Waals surface area contributed by atoms with E-state index in [9.17, 15) is 0 Å². The lowest BCUT2D eigenvalue weighted by atomic mass is 10.2. The Balaban J connectivity index is 1.86. The summed E-state index contributed by atoms with van der Waals surface area (Å²) in [6, 6.07) is 4.16. The molecule has 2 aromatic heterocycles. The van der Waals surface area contributed by atoms with Crippen LogP contribution in [-0.2, 0) is 13.1 Å². The van der Waals surface area contributed by atoms with Crippen molar-refractivity contribution in [2.24, 2.45) is 5.92 Å². The van der Waals surface area contributed by atoms with Crippen LogP contribution in [0.25, 0.3) is 0 Å². The van der Waals surface area contributed by atoms with Crippen LogP contribution >= 0.6 is 27.3 Å². The van der Waals surface area contributed by atoms with Gasteiger partial charge in [0.1, 0.15) is 0 Å². The monoisotopic (exact) mass is 328 g/mol. The zero-order valence-electron chi connectivity index (χ0n) is 10.6. The Morgan fingerprint density at radius 1 is 1.44 bits per heavy atom. The van der Waals surface area contributed by atoms with Gasteiger partial charge in [-0.3, -0.25) is 0 Å². The lowest BCUT2D eigenvalue weighted by molar-refractivity contribution is 0.548. The predicted octanol–water partition coefficient (Wildman–Crippen LogP) is 2.90. The molecule has 0 saturated carbocycles. The van der Waals surface area contributed by atoms with Gasteiger partial charge < -0.3 is 5.32 Å². The highest BCUT2D eigenvalue weighted by molar-refractivity contribution is 9.11. The Morgan fingerprint density at radius 3 is 2.94 bits per heavy atom. The number of halogens is 1. The molecule has 0 saturated heterocycles. The molecule has 0 atom stereocenters. The van der Waals surface area contributed by atoms with Crippen LogP contribution in [0, 0.1) is 5.92 Å². The highest BCUT2D eigenvalue weighted by Crippen LogP contribution is 2.22. The number of hydrogen-bond donors (Lipinski definition) is 1. The third-order valence-corrected chi connectivity index (χ3v) is 4.00. The predicted molar refractivity (Wildman–Crippen MR) is 77.7 cm³/mol. The van der Waals surface area contributed by atoms with Crippen LogP contribution in [0.5, 0.6) is 0 Å². The third kappa shape index (κ3) is 4.19. The van der Waals surface area contributed by atoms with E-state index >= 15 is 0 Å². The van der Waals surface area contributed by atoms with Crippen LogP contribution in [0.15, 0.2) is 22.1 Å². The molecule has 0 aliphatic rings. The fourth-order valence-corrected chi connectivity index (χ4v) is 3.06. The van der Waals surface area contributed by atoms with Crippen LogP contribution in [-0.4, -0.2) is 21.5 Å². The van der Waals surface area contributed by atoms with Crippen LogP contribution in [0.2, 0.25) is 0 Å². The fourth-order valence-electron chi connectivity index (χ4n) is 1.58. The highest BCUT2D eigenvalue weighted by Gasteiger charge is 2.03. The summed E-state index contributed by atoms with van der Waals surface area (Å²) in [4.78, 5) is 1.27. The first-order valence-corrected chi connectivity index (χ1v) is 7.58. The van der Waals surface area contributed by atoms with Gasteiger partial charge in [-0.15, -0.1) is 16.4 Å². The van der Waals surface area contributed by atoms with Gasteiger partial charge in [0.05, 0.1) is 22.2 Å². The minimum atomic E-state index is 0.656. The minimum absolute atomic E-state index is 0.656. The van der Waals surface area contributed by atoms with Gasteiger partial charge in [0.2, 0.25) is 0 Å². The van der Waals surface area contributed by atoms with E-state index in [0.29, 0.717) is 5.92 Å². The first kappa shape index (κ1) is 13.7. The molecule has 2 aromatic rings. The van der Waals surface area contributed by atoms with Gasteiger partial charge in [-0.1, -0.05) is 19.1 Å². The SMILES string of the molecule is CC(C)CNCc1cn(Cc2ccc(Br)s2)nn1. The zero-order valence-corrected chi connectivity index (χ0v) is 13.0. The van der Waals surface area contributed by atoms with E-state index in [-0.39, 0.29) is 0 Å². The van der Waals surface area contributed by atoms with Crippen molar-refractivity contribution in [1.29, 1.82) is 0 Å². The van der Waals surface area contributed by atoms with Crippen molar-refractivity contribution in [1.82, 2.24) is 20.3 Å². The lowest BCUT2D eigenvalue weighted by Crippen LogP contribution is -2.19. The normalized spacial score (nSPS) is 11.3. The third-order valence-electron chi connectivity index (χ3n) is 2.39. The smallest absolute Gasteiger partial charge is 0.0964 e. The number of nitrogens with zero attached hydrogens (tertiary/aromatic N) is 3. The van der Waals surface area contributed by atoms with Gasteiger partial charge in [0.15, 0.2) is 0 Å². The molecule has 18 heavy (non-hydrogen) atoms. The Morgan fingerprint density at radius 2 is 2.28 bits per heavy atom. The van der Waals surface area contributed by atoms with E-state index in [1.54, 1.807) is 11.3 Å². The first-order chi connectivity index (χ1) is 8.63. The van der Waals surface area contributed by atoms with Gasteiger partial charge in [-0.2, -0.15) is 0 Å². The molecule has 98 valence electrons.